The van der Waals surface area contributed by atoms with Crippen LogP contribution in [0, 0.1) is 0 Å². The first-order chi connectivity index (χ1) is 9.33. The summed E-state index contributed by atoms with van der Waals surface area (Å²) < 4.78 is 2.09. The van der Waals surface area contributed by atoms with Crippen molar-refractivity contribution in [3.05, 3.63) is 30.1 Å². The van der Waals surface area contributed by atoms with E-state index in [4.69, 9.17) is 5.73 Å². The van der Waals surface area contributed by atoms with Gasteiger partial charge in [-0.05, 0) is 12.5 Å². The Kier molecular flexibility index (Phi) is 2.19. The van der Waals surface area contributed by atoms with E-state index < -0.39 is 0 Å². The molecule has 1 aliphatic heterocycles. The summed E-state index contributed by atoms with van der Waals surface area (Å²) in [5.41, 5.74) is 7.90. The van der Waals surface area contributed by atoms with Crippen molar-refractivity contribution in [2.24, 2.45) is 5.73 Å². The molecule has 6 nitrogen and oxygen atoms in total. The minimum Gasteiger partial charge on any atom is -0.326 e. The highest BCUT2D eigenvalue weighted by Gasteiger charge is 2.23. The van der Waals surface area contributed by atoms with Gasteiger partial charge in [-0.25, -0.2) is 0 Å². The standard InChI is InChI=1S/C13H14N6/c14-8-5-6-11-16-18-13(19(11)7-8)12-9-3-1-2-4-10(9)15-17-12/h1-4,8H,5-7,14H2,(H,15,17). The number of nitrogens with two attached hydrogens (primary N) is 1. The van der Waals surface area contributed by atoms with E-state index >= 15 is 0 Å². The van der Waals surface area contributed by atoms with Crippen LogP contribution in [-0.4, -0.2) is 31.0 Å². The number of hydrogen-bond donors (Lipinski definition) is 2. The number of rotatable bonds is 1. The van der Waals surface area contributed by atoms with Gasteiger partial charge in [-0.1, -0.05) is 18.2 Å². The summed E-state index contributed by atoms with van der Waals surface area (Å²) >= 11 is 0. The molecule has 0 saturated carbocycles. The van der Waals surface area contributed by atoms with Crippen LogP contribution in [0.15, 0.2) is 24.3 Å². The maximum absolute atomic E-state index is 6.04. The highest BCUT2D eigenvalue weighted by atomic mass is 15.3. The highest BCUT2D eigenvalue weighted by Crippen LogP contribution is 2.27. The van der Waals surface area contributed by atoms with Crippen LogP contribution < -0.4 is 5.73 Å². The Bertz CT molecular complexity index is 741. The van der Waals surface area contributed by atoms with Gasteiger partial charge in [-0.2, -0.15) is 5.10 Å². The van der Waals surface area contributed by atoms with Crippen molar-refractivity contribution in [1.82, 2.24) is 25.0 Å². The molecule has 1 aliphatic rings. The van der Waals surface area contributed by atoms with Gasteiger partial charge in [0.25, 0.3) is 0 Å². The molecule has 3 heterocycles. The molecule has 3 N–H and O–H groups in total. The van der Waals surface area contributed by atoms with E-state index in [1.807, 2.05) is 24.3 Å². The fourth-order valence-corrected chi connectivity index (χ4v) is 2.66. The predicted octanol–water partition coefficient (Wildman–Crippen LogP) is 1.09. The zero-order valence-electron chi connectivity index (χ0n) is 10.4. The van der Waals surface area contributed by atoms with Gasteiger partial charge in [0.2, 0.25) is 0 Å². The van der Waals surface area contributed by atoms with Crippen LogP contribution in [0.4, 0.5) is 0 Å². The minimum absolute atomic E-state index is 0.174. The van der Waals surface area contributed by atoms with Gasteiger partial charge < -0.3 is 10.3 Å². The molecule has 1 unspecified atom stereocenters. The topological polar surface area (TPSA) is 85.4 Å². The average Bonchev–Trinajstić information content (AvgIpc) is 3.01. The van der Waals surface area contributed by atoms with Crippen LogP contribution in [0.5, 0.6) is 0 Å². The van der Waals surface area contributed by atoms with E-state index in [9.17, 15) is 0 Å². The highest BCUT2D eigenvalue weighted by molar-refractivity contribution is 5.91. The molecular formula is C13H14N6. The lowest BCUT2D eigenvalue weighted by atomic mass is 10.1. The zero-order chi connectivity index (χ0) is 12.8. The van der Waals surface area contributed by atoms with Gasteiger partial charge in [0, 0.05) is 24.4 Å². The van der Waals surface area contributed by atoms with Crippen LogP contribution in [-0.2, 0) is 13.0 Å². The van der Waals surface area contributed by atoms with Crippen molar-refractivity contribution in [2.75, 3.05) is 0 Å². The Hall–Kier alpha value is -2.21. The molecule has 0 saturated heterocycles. The summed E-state index contributed by atoms with van der Waals surface area (Å²) in [6.07, 6.45) is 1.86. The minimum atomic E-state index is 0.174. The van der Waals surface area contributed by atoms with Crippen LogP contribution in [0.3, 0.4) is 0 Å². The lowest BCUT2D eigenvalue weighted by Crippen LogP contribution is -2.32. The first kappa shape index (κ1) is 10.7. The maximum atomic E-state index is 6.04. The van der Waals surface area contributed by atoms with Gasteiger partial charge >= 0.3 is 0 Å². The second-order valence-electron chi connectivity index (χ2n) is 4.97. The van der Waals surface area contributed by atoms with Crippen LogP contribution in [0.2, 0.25) is 0 Å². The van der Waals surface area contributed by atoms with Gasteiger partial charge in [0.1, 0.15) is 11.5 Å². The summed E-state index contributed by atoms with van der Waals surface area (Å²) in [5, 5.41) is 17.0. The first-order valence-electron chi connectivity index (χ1n) is 6.44. The quantitative estimate of drug-likeness (QED) is 0.680. The summed E-state index contributed by atoms with van der Waals surface area (Å²) in [5.74, 6) is 1.81. The third-order valence-corrected chi connectivity index (χ3v) is 3.67. The molecule has 2 aromatic heterocycles. The zero-order valence-corrected chi connectivity index (χ0v) is 10.4. The molecule has 0 bridgehead atoms. The van der Waals surface area contributed by atoms with Crippen molar-refractivity contribution in [2.45, 2.75) is 25.4 Å². The Balaban J connectivity index is 1.91. The Morgan fingerprint density at radius 1 is 1.26 bits per heavy atom. The number of fused-ring (bicyclic) bond motifs is 2. The van der Waals surface area contributed by atoms with E-state index in [0.29, 0.717) is 0 Å². The summed E-state index contributed by atoms with van der Waals surface area (Å²) in [6, 6.07) is 8.20. The molecule has 4 rings (SSSR count). The molecule has 0 spiro atoms. The second kappa shape index (κ2) is 3.89. The molecule has 1 atom stereocenters. The Morgan fingerprint density at radius 3 is 3.11 bits per heavy atom. The van der Waals surface area contributed by atoms with Crippen LogP contribution >= 0.6 is 0 Å². The molecule has 19 heavy (non-hydrogen) atoms. The number of para-hydroxylation sites is 1. The molecule has 6 heteroatoms. The number of aromatic nitrogens is 5. The van der Waals surface area contributed by atoms with Crippen LogP contribution in [0.25, 0.3) is 22.4 Å². The molecule has 1 aromatic carbocycles. The number of aryl methyl sites for hydroxylation is 1. The van der Waals surface area contributed by atoms with Gasteiger partial charge in [0.05, 0.1) is 5.52 Å². The van der Waals surface area contributed by atoms with E-state index in [1.54, 1.807) is 0 Å². The van der Waals surface area contributed by atoms with Crippen LogP contribution in [0.1, 0.15) is 12.2 Å². The molecule has 96 valence electrons. The number of H-pyrrole nitrogens is 1. The smallest absolute Gasteiger partial charge is 0.185 e. The van der Waals surface area contributed by atoms with E-state index in [1.165, 1.54) is 0 Å². The third kappa shape index (κ3) is 1.57. The van der Waals surface area contributed by atoms with E-state index in [-0.39, 0.29) is 6.04 Å². The molecule has 0 fully saturated rings. The summed E-state index contributed by atoms with van der Waals surface area (Å²) in [7, 11) is 0. The molecule has 0 amide bonds. The maximum Gasteiger partial charge on any atom is 0.185 e. The van der Waals surface area contributed by atoms with E-state index in [2.05, 4.69) is 25.0 Å². The number of aromatic amines is 1. The second-order valence-corrected chi connectivity index (χ2v) is 4.97. The van der Waals surface area contributed by atoms with Crippen molar-refractivity contribution in [3.63, 3.8) is 0 Å². The van der Waals surface area contributed by atoms with Gasteiger partial charge in [0.15, 0.2) is 5.82 Å². The molecule has 0 radical (unpaired) electrons. The van der Waals surface area contributed by atoms with Crippen molar-refractivity contribution in [3.8, 4) is 11.5 Å². The fourth-order valence-electron chi connectivity index (χ4n) is 2.66. The summed E-state index contributed by atoms with van der Waals surface area (Å²) in [4.78, 5) is 0. The third-order valence-electron chi connectivity index (χ3n) is 3.67. The lowest BCUT2D eigenvalue weighted by Gasteiger charge is -2.20. The van der Waals surface area contributed by atoms with E-state index in [0.717, 1.165) is 47.6 Å². The molecular weight excluding hydrogens is 240 g/mol. The largest absolute Gasteiger partial charge is 0.326 e. The number of nitrogens with one attached hydrogen (secondary N) is 1. The fraction of sp³-hybridized carbons (Fsp3) is 0.308. The van der Waals surface area contributed by atoms with Gasteiger partial charge in [-0.15, -0.1) is 10.2 Å². The number of nitrogens with zero attached hydrogens (tertiary/aromatic N) is 4. The van der Waals surface area contributed by atoms with Crippen molar-refractivity contribution in [1.29, 1.82) is 0 Å². The Morgan fingerprint density at radius 2 is 2.16 bits per heavy atom. The summed E-state index contributed by atoms with van der Waals surface area (Å²) in [6.45, 7) is 0.763. The normalized spacial score (nSPS) is 18.7. The monoisotopic (exact) mass is 254 g/mol. The van der Waals surface area contributed by atoms with Gasteiger partial charge in [-0.3, -0.25) is 5.10 Å². The Labute approximate surface area is 109 Å². The molecule has 3 aromatic rings. The first-order valence-corrected chi connectivity index (χ1v) is 6.44. The number of benzene rings is 1. The average molecular weight is 254 g/mol. The lowest BCUT2D eigenvalue weighted by molar-refractivity contribution is 0.456. The predicted molar refractivity (Wildman–Crippen MR) is 71.4 cm³/mol. The van der Waals surface area contributed by atoms with Crippen molar-refractivity contribution >= 4 is 10.9 Å². The SMILES string of the molecule is NC1CCc2nnc(-c3n[nH]c4ccccc34)n2C1. The molecule has 0 aliphatic carbocycles. The van der Waals surface area contributed by atoms with Crippen molar-refractivity contribution < 1.29 is 0 Å². The number of hydrogen-bond acceptors (Lipinski definition) is 4.